The minimum absolute atomic E-state index is 0.212. The number of hydrogen-bond donors (Lipinski definition) is 2. The van der Waals surface area contributed by atoms with Crippen molar-refractivity contribution in [2.75, 3.05) is 20.2 Å². The van der Waals surface area contributed by atoms with E-state index in [0.29, 0.717) is 18.7 Å². The molecule has 6 heteroatoms. The Labute approximate surface area is 117 Å². The van der Waals surface area contributed by atoms with Gasteiger partial charge >= 0.3 is 0 Å². The molecule has 108 valence electrons. The van der Waals surface area contributed by atoms with E-state index in [0.717, 1.165) is 0 Å². The lowest BCUT2D eigenvalue weighted by Gasteiger charge is -2.49. The zero-order valence-electron chi connectivity index (χ0n) is 11.6. The summed E-state index contributed by atoms with van der Waals surface area (Å²) in [5, 5.41) is 3.11. The molecule has 2 rings (SSSR count). The van der Waals surface area contributed by atoms with Gasteiger partial charge in [-0.15, -0.1) is 0 Å². The van der Waals surface area contributed by atoms with Crippen molar-refractivity contribution in [2.24, 2.45) is 5.73 Å². The second-order valence-corrected chi connectivity index (χ2v) is 4.74. The number of carbonyl (C=O) groups excluding carboxylic acids is 2. The summed E-state index contributed by atoms with van der Waals surface area (Å²) in [7, 11) is 1.49. The second kappa shape index (κ2) is 5.60. The number of hydrogen-bond acceptors (Lipinski definition) is 4. The molecule has 0 spiro atoms. The van der Waals surface area contributed by atoms with Crippen molar-refractivity contribution in [3.8, 4) is 0 Å². The molecular formula is C14H19N3O3. The first-order chi connectivity index (χ1) is 9.55. The molecule has 1 aliphatic rings. The molecule has 2 unspecified atom stereocenters. The Morgan fingerprint density at radius 1 is 1.40 bits per heavy atom. The Bertz CT molecular complexity index is 506. The predicted molar refractivity (Wildman–Crippen MR) is 73.5 cm³/mol. The van der Waals surface area contributed by atoms with Crippen molar-refractivity contribution in [1.82, 2.24) is 10.2 Å². The van der Waals surface area contributed by atoms with E-state index in [4.69, 9.17) is 10.5 Å². The van der Waals surface area contributed by atoms with Crippen molar-refractivity contribution in [3.05, 3.63) is 35.9 Å². The fraction of sp³-hybridized carbons (Fsp3) is 0.429. The van der Waals surface area contributed by atoms with Crippen LogP contribution in [0.15, 0.2) is 30.3 Å². The minimum atomic E-state index is -1.33. The first-order valence-electron chi connectivity index (χ1n) is 6.45. The molecule has 1 aromatic rings. The summed E-state index contributed by atoms with van der Waals surface area (Å²) in [6, 6.07) is 9.01. The van der Waals surface area contributed by atoms with Crippen LogP contribution in [0.25, 0.3) is 0 Å². The summed E-state index contributed by atoms with van der Waals surface area (Å²) in [6.45, 7) is 2.37. The first-order valence-corrected chi connectivity index (χ1v) is 6.45. The number of carbonyl (C=O) groups is 2. The van der Waals surface area contributed by atoms with Crippen molar-refractivity contribution in [3.63, 3.8) is 0 Å². The van der Waals surface area contributed by atoms with Gasteiger partial charge in [-0.25, -0.2) is 0 Å². The molecule has 6 nitrogen and oxygen atoms in total. The molecule has 0 saturated carbocycles. The lowest BCUT2D eigenvalue weighted by atomic mass is 9.83. The Morgan fingerprint density at radius 3 is 2.55 bits per heavy atom. The van der Waals surface area contributed by atoms with E-state index in [2.05, 4.69) is 5.32 Å². The zero-order valence-corrected chi connectivity index (χ0v) is 11.6. The van der Waals surface area contributed by atoms with Crippen LogP contribution >= 0.6 is 0 Å². The molecular weight excluding hydrogens is 258 g/mol. The Kier molecular flexibility index (Phi) is 4.06. The van der Waals surface area contributed by atoms with E-state index in [9.17, 15) is 9.59 Å². The highest BCUT2D eigenvalue weighted by Crippen LogP contribution is 2.34. The van der Waals surface area contributed by atoms with Crippen molar-refractivity contribution < 1.29 is 14.3 Å². The van der Waals surface area contributed by atoms with Gasteiger partial charge in [0.05, 0.1) is 0 Å². The summed E-state index contributed by atoms with van der Waals surface area (Å²) >= 11 is 0. The summed E-state index contributed by atoms with van der Waals surface area (Å²) in [5.74, 6) is -0.825. The Hall–Kier alpha value is -1.92. The number of nitrogens with one attached hydrogen (secondary N) is 1. The van der Waals surface area contributed by atoms with Crippen LogP contribution in [-0.2, 0) is 19.9 Å². The van der Waals surface area contributed by atoms with Gasteiger partial charge in [0, 0.05) is 27.1 Å². The molecule has 0 aromatic heterocycles. The Balaban J connectivity index is 2.65. The van der Waals surface area contributed by atoms with Gasteiger partial charge in [-0.05, 0) is 5.56 Å². The fourth-order valence-electron chi connectivity index (χ4n) is 2.84. The Morgan fingerprint density at radius 2 is 2.05 bits per heavy atom. The normalized spacial score (nSPS) is 26.3. The van der Waals surface area contributed by atoms with Gasteiger partial charge < -0.3 is 15.4 Å². The molecule has 1 heterocycles. The van der Waals surface area contributed by atoms with Gasteiger partial charge in [0.15, 0.2) is 5.54 Å². The van der Waals surface area contributed by atoms with Gasteiger partial charge in [-0.1, -0.05) is 30.3 Å². The van der Waals surface area contributed by atoms with Crippen LogP contribution in [0.1, 0.15) is 12.5 Å². The molecule has 3 N–H and O–H groups in total. The highest BCUT2D eigenvalue weighted by molar-refractivity contribution is 5.92. The summed E-state index contributed by atoms with van der Waals surface area (Å²) in [5.41, 5.74) is 4.98. The van der Waals surface area contributed by atoms with Crippen LogP contribution in [0.3, 0.4) is 0 Å². The van der Waals surface area contributed by atoms with Crippen molar-refractivity contribution in [1.29, 1.82) is 0 Å². The summed E-state index contributed by atoms with van der Waals surface area (Å²) in [4.78, 5) is 25.7. The molecule has 0 bridgehead atoms. The molecule has 1 saturated heterocycles. The van der Waals surface area contributed by atoms with Gasteiger partial charge in [0.2, 0.25) is 5.91 Å². The summed E-state index contributed by atoms with van der Waals surface area (Å²) < 4.78 is 5.40. The largest absolute Gasteiger partial charge is 0.367 e. The topological polar surface area (TPSA) is 84.7 Å². The monoisotopic (exact) mass is 277 g/mol. The number of ether oxygens (including phenoxy) is 1. The minimum Gasteiger partial charge on any atom is -0.367 e. The lowest BCUT2D eigenvalue weighted by molar-refractivity contribution is -0.165. The third kappa shape index (κ3) is 2.07. The van der Waals surface area contributed by atoms with E-state index < -0.39 is 17.7 Å². The van der Waals surface area contributed by atoms with Crippen LogP contribution in [0, 0.1) is 0 Å². The third-order valence-corrected chi connectivity index (χ3v) is 3.68. The van der Waals surface area contributed by atoms with E-state index in [-0.39, 0.29) is 5.91 Å². The van der Waals surface area contributed by atoms with Crippen LogP contribution in [0.4, 0.5) is 0 Å². The van der Waals surface area contributed by atoms with Crippen LogP contribution in [0.2, 0.25) is 0 Å². The molecule has 0 radical (unpaired) electrons. The SMILES string of the molecule is COC1NCCN(C(C)=O)C1(C(N)=O)c1ccccc1. The molecule has 20 heavy (non-hydrogen) atoms. The maximum absolute atomic E-state index is 12.3. The van der Waals surface area contributed by atoms with Gasteiger partial charge in [0.1, 0.15) is 6.23 Å². The maximum atomic E-state index is 12.3. The van der Waals surface area contributed by atoms with Gasteiger partial charge in [0.25, 0.3) is 5.91 Å². The smallest absolute Gasteiger partial charge is 0.252 e. The van der Waals surface area contributed by atoms with Gasteiger partial charge in [-0.3, -0.25) is 14.9 Å². The maximum Gasteiger partial charge on any atom is 0.252 e. The number of rotatable bonds is 3. The quantitative estimate of drug-likeness (QED) is 0.801. The van der Waals surface area contributed by atoms with Crippen LogP contribution in [-0.4, -0.2) is 43.1 Å². The number of benzene rings is 1. The van der Waals surface area contributed by atoms with E-state index in [1.165, 1.54) is 18.9 Å². The average molecular weight is 277 g/mol. The second-order valence-electron chi connectivity index (χ2n) is 4.74. The standard InChI is InChI=1S/C14H19N3O3/c1-10(18)17-9-8-16-13(20-2)14(17,12(15)19)11-6-4-3-5-7-11/h3-7,13,16H,8-9H2,1-2H3,(H2,15,19). The van der Waals surface area contributed by atoms with E-state index >= 15 is 0 Å². The number of primary amides is 1. The molecule has 1 aliphatic heterocycles. The number of methoxy groups -OCH3 is 1. The molecule has 2 amide bonds. The lowest BCUT2D eigenvalue weighted by Crippen LogP contribution is -2.71. The van der Waals surface area contributed by atoms with Crippen molar-refractivity contribution in [2.45, 2.75) is 18.7 Å². The fourth-order valence-corrected chi connectivity index (χ4v) is 2.84. The molecule has 2 atom stereocenters. The van der Waals surface area contributed by atoms with E-state index in [1.54, 1.807) is 24.3 Å². The zero-order chi connectivity index (χ0) is 14.8. The van der Waals surface area contributed by atoms with Crippen molar-refractivity contribution >= 4 is 11.8 Å². The number of amides is 2. The number of nitrogens with two attached hydrogens (primary N) is 1. The highest BCUT2D eigenvalue weighted by Gasteiger charge is 2.54. The number of piperazine rings is 1. The molecule has 1 aromatic carbocycles. The van der Waals surface area contributed by atoms with Gasteiger partial charge in [-0.2, -0.15) is 0 Å². The summed E-state index contributed by atoms with van der Waals surface area (Å²) in [6.07, 6.45) is -0.681. The molecule has 1 fully saturated rings. The van der Waals surface area contributed by atoms with E-state index in [1.807, 2.05) is 6.07 Å². The molecule has 0 aliphatic carbocycles. The predicted octanol–water partition coefficient (Wildman–Crippen LogP) is -0.209. The van der Waals surface area contributed by atoms with Crippen LogP contribution in [0.5, 0.6) is 0 Å². The highest BCUT2D eigenvalue weighted by atomic mass is 16.5. The third-order valence-electron chi connectivity index (χ3n) is 3.68. The number of nitrogens with zero attached hydrogens (tertiary/aromatic N) is 1. The first kappa shape index (κ1) is 14.5. The average Bonchev–Trinajstić information content (AvgIpc) is 2.46. The van der Waals surface area contributed by atoms with Crippen LogP contribution < -0.4 is 11.1 Å².